The van der Waals surface area contributed by atoms with E-state index in [0.29, 0.717) is 6.42 Å². The average molecular weight is 251 g/mol. The molecule has 2 amide bonds. The van der Waals surface area contributed by atoms with Crippen molar-refractivity contribution in [3.05, 3.63) is 0 Å². The van der Waals surface area contributed by atoms with Gasteiger partial charge in [0.15, 0.2) is 0 Å². The number of rotatable bonds is 6. The maximum absolute atomic E-state index is 11.8. The molecule has 1 heterocycles. The highest BCUT2D eigenvalue weighted by molar-refractivity contribution is 5.74. The molecule has 0 aliphatic carbocycles. The van der Waals surface area contributed by atoms with E-state index in [1.54, 1.807) is 4.90 Å². The lowest BCUT2D eigenvalue weighted by atomic mass is 10.2. The molecule has 0 aromatic carbocycles. The number of nitrogens with zero attached hydrogens (tertiary/aromatic N) is 2. The van der Waals surface area contributed by atoms with E-state index in [2.05, 4.69) is 16.1 Å². The van der Waals surface area contributed by atoms with Crippen LogP contribution >= 0.6 is 0 Å². The molecule has 0 unspecified atom stereocenters. The maximum atomic E-state index is 11.8. The van der Waals surface area contributed by atoms with Crippen molar-refractivity contribution in [2.24, 2.45) is 0 Å². The molecule has 0 spiro atoms. The topological polar surface area (TPSA) is 35.6 Å². The number of hydrogen-bond acceptors (Lipinski definition) is 2. The molecule has 0 aromatic rings. The third-order valence-corrected chi connectivity index (χ3v) is 3.31. The molecule has 1 aliphatic heterocycles. The summed E-state index contributed by atoms with van der Waals surface area (Å²) in [7, 11) is 1.84. The molecule has 4 nitrogen and oxygen atoms in total. The van der Waals surface area contributed by atoms with Gasteiger partial charge >= 0.3 is 6.03 Å². The predicted molar refractivity (Wildman–Crippen MR) is 74.4 cm³/mol. The minimum atomic E-state index is -0.0285. The van der Waals surface area contributed by atoms with Crippen LogP contribution < -0.4 is 5.32 Å². The van der Waals surface area contributed by atoms with Gasteiger partial charge in [-0.2, -0.15) is 0 Å². The summed E-state index contributed by atoms with van der Waals surface area (Å²) in [5.41, 5.74) is 0. The molecule has 1 aliphatic rings. The molecule has 1 atom stereocenters. The summed E-state index contributed by atoms with van der Waals surface area (Å²) in [5, 5.41) is 2.89. The first kappa shape index (κ1) is 14.8. The number of amides is 2. The summed E-state index contributed by atoms with van der Waals surface area (Å²) in [5.74, 6) is 2.55. The third-order valence-electron chi connectivity index (χ3n) is 3.31. The molecule has 18 heavy (non-hydrogen) atoms. The van der Waals surface area contributed by atoms with Crippen molar-refractivity contribution in [2.75, 3.05) is 33.2 Å². The van der Waals surface area contributed by atoms with Crippen LogP contribution in [-0.2, 0) is 0 Å². The fourth-order valence-electron chi connectivity index (χ4n) is 2.19. The van der Waals surface area contributed by atoms with E-state index in [1.165, 1.54) is 25.9 Å². The fourth-order valence-corrected chi connectivity index (χ4v) is 2.19. The minimum absolute atomic E-state index is 0.0285. The number of carbonyl (C=O) groups is 1. The Morgan fingerprint density at radius 3 is 2.78 bits per heavy atom. The van der Waals surface area contributed by atoms with E-state index in [0.717, 1.165) is 19.5 Å². The van der Waals surface area contributed by atoms with Gasteiger partial charge in [0.25, 0.3) is 0 Å². The van der Waals surface area contributed by atoms with E-state index < -0.39 is 0 Å². The standard InChI is InChI=1S/C14H25N3O/c1-4-8-13(2)15-14(18)16(3)9-7-12-17-10-5-6-11-17/h1,13H,5-12H2,2-3H3,(H,15,18)/t13-/m1/s1. The fraction of sp³-hybridized carbons (Fsp3) is 0.786. The molecule has 0 radical (unpaired) electrons. The Balaban J connectivity index is 2.13. The molecule has 0 saturated carbocycles. The van der Waals surface area contributed by atoms with Crippen LogP contribution in [0.1, 0.15) is 32.6 Å². The van der Waals surface area contributed by atoms with Gasteiger partial charge in [-0.3, -0.25) is 0 Å². The Morgan fingerprint density at radius 2 is 2.17 bits per heavy atom. The number of urea groups is 1. The molecular weight excluding hydrogens is 226 g/mol. The van der Waals surface area contributed by atoms with Crippen LogP contribution in [0, 0.1) is 12.3 Å². The van der Waals surface area contributed by atoms with Crippen LogP contribution in [0.2, 0.25) is 0 Å². The van der Waals surface area contributed by atoms with Gasteiger partial charge in [0, 0.05) is 26.1 Å². The SMILES string of the molecule is C#CC[C@@H](C)NC(=O)N(C)CCCN1CCCC1. The highest BCUT2D eigenvalue weighted by Gasteiger charge is 2.13. The Morgan fingerprint density at radius 1 is 1.50 bits per heavy atom. The van der Waals surface area contributed by atoms with Crippen LogP contribution in [-0.4, -0.2) is 55.1 Å². The van der Waals surface area contributed by atoms with Crippen molar-refractivity contribution in [3.8, 4) is 12.3 Å². The lowest BCUT2D eigenvalue weighted by Crippen LogP contribution is -2.42. The van der Waals surface area contributed by atoms with Gasteiger partial charge in [-0.25, -0.2) is 4.79 Å². The zero-order valence-electron chi connectivity index (χ0n) is 11.6. The van der Waals surface area contributed by atoms with Crippen molar-refractivity contribution in [1.82, 2.24) is 15.1 Å². The second kappa shape index (κ2) is 7.99. The highest BCUT2D eigenvalue weighted by Crippen LogP contribution is 2.07. The maximum Gasteiger partial charge on any atom is 0.317 e. The van der Waals surface area contributed by atoms with Crippen LogP contribution in [0.5, 0.6) is 0 Å². The normalized spacial score (nSPS) is 17.2. The molecule has 1 saturated heterocycles. The number of likely N-dealkylation sites (tertiary alicyclic amines) is 1. The van der Waals surface area contributed by atoms with Gasteiger partial charge in [0.05, 0.1) is 0 Å². The quantitative estimate of drug-likeness (QED) is 0.727. The Bertz CT molecular complexity index is 292. The smallest absolute Gasteiger partial charge is 0.317 e. The monoisotopic (exact) mass is 251 g/mol. The highest BCUT2D eigenvalue weighted by atomic mass is 16.2. The van der Waals surface area contributed by atoms with E-state index >= 15 is 0 Å². The van der Waals surface area contributed by atoms with Gasteiger partial charge in [0.1, 0.15) is 0 Å². The molecule has 102 valence electrons. The second-order valence-corrected chi connectivity index (χ2v) is 5.08. The zero-order chi connectivity index (χ0) is 13.4. The van der Waals surface area contributed by atoms with Gasteiger partial charge in [0.2, 0.25) is 0 Å². The lowest BCUT2D eigenvalue weighted by Gasteiger charge is -2.22. The first-order valence-corrected chi connectivity index (χ1v) is 6.81. The number of nitrogens with one attached hydrogen (secondary N) is 1. The van der Waals surface area contributed by atoms with Crippen LogP contribution in [0.25, 0.3) is 0 Å². The summed E-state index contributed by atoms with van der Waals surface area (Å²) in [4.78, 5) is 16.0. The predicted octanol–water partition coefficient (Wildman–Crippen LogP) is 1.53. The molecule has 0 aromatic heterocycles. The van der Waals surface area contributed by atoms with Gasteiger partial charge < -0.3 is 15.1 Å². The molecular formula is C14H25N3O. The van der Waals surface area contributed by atoms with E-state index in [4.69, 9.17) is 6.42 Å². The zero-order valence-corrected chi connectivity index (χ0v) is 11.6. The summed E-state index contributed by atoms with van der Waals surface area (Å²) < 4.78 is 0. The Labute approximate surface area is 111 Å². The average Bonchev–Trinajstić information content (AvgIpc) is 2.82. The summed E-state index contributed by atoms with van der Waals surface area (Å²) in [6.07, 6.45) is 9.46. The van der Waals surface area contributed by atoms with E-state index in [1.807, 2.05) is 14.0 Å². The second-order valence-electron chi connectivity index (χ2n) is 5.08. The first-order chi connectivity index (χ1) is 8.63. The molecule has 1 N–H and O–H groups in total. The first-order valence-electron chi connectivity index (χ1n) is 6.81. The van der Waals surface area contributed by atoms with Gasteiger partial charge in [-0.15, -0.1) is 12.3 Å². The molecule has 1 rings (SSSR count). The summed E-state index contributed by atoms with van der Waals surface area (Å²) >= 11 is 0. The van der Waals surface area contributed by atoms with E-state index in [-0.39, 0.29) is 12.1 Å². The van der Waals surface area contributed by atoms with Crippen molar-refractivity contribution in [3.63, 3.8) is 0 Å². The number of hydrogen-bond donors (Lipinski definition) is 1. The lowest BCUT2D eigenvalue weighted by molar-refractivity contribution is 0.202. The number of carbonyl (C=O) groups excluding carboxylic acids is 1. The van der Waals surface area contributed by atoms with Gasteiger partial charge in [-0.1, -0.05) is 0 Å². The molecule has 1 fully saturated rings. The molecule has 0 bridgehead atoms. The van der Waals surface area contributed by atoms with Crippen molar-refractivity contribution >= 4 is 6.03 Å². The van der Waals surface area contributed by atoms with E-state index in [9.17, 15) is 4.79 Å². The van der Waals surface area contributed by atoms with Crippen molar-refractivity contribution in [2.45, 2.75) is 38.6 Å². The summed E-state index contributed by atoms with van der Waals surface area (Å²) in [6, 6.07) is 0.0164. The number of terminal acetylenes is 1. The van der Waals surface area contributed by atoms with Crippen LogP contribution in [0.4, 0.5) is 4.79 Å². The van der Waals surface area contributed by atoms with Crippen LogP contribution in [0.3, 0.4) is 0 Å². The summed E-state index contributed by atoms with van der Waals surface area (Å²) in [6.45, 7) is 6.25. The van der Waals surface area contributed by atoms with Crippen LogP contribution in [0.15, 0.2) is 0 Å². The Hall–Kier alpha value is -1.21. The van der Waals surface area contributed by atoms with Crippen molar-refractivity contribution in [1.29, 1.82) is 0 Å². The van der Waals surface area contributed by atoms with Gasteiger partial charge in [-0.05, 0) is 45.8 Å². The third kappa shape index (κ3) is 5.42. The minimum Gasteiger partial charge on any atom is -0.335 e. The molecule has 4 heteroatoms. The largest absolute Gasteiger partial charge is 0.335 e. The van der Waals surface area contributed by atoms with Crippen molar-refractivity contribution < 1.29 is 4.79 Å². The Kier molecular flexibility index (Phi) is 6.59.